The molecule has 164 valence electrons. The van der Waals surface area contributed by atoms with Gasteiger partial charge in [-0.25, -0.2) is 0 Å². The average molecular weight is 521 g/mol. The van der Waals surface area contributed by atoms with Gasteiger partial charge in [-0.1, -0.05) is 6.92 Å². The lowest BCUT2D eigenvalue weighted by atomic mass is 9.99. The van der Waals surface area contributed by atoms with Crippen molar-refractivity contribution < 1.29 is 24.1 Å². The Morgan fingerprint density at radius 2 is 2.03 bits per heavy atom. The van der Waals surface area contributed by atoms with Crippen LogP contribution in [0.5, 0.6) is 11.5 Å². The molecule has 2 N–H and O–H groups in total. The highest BCUT2D eigenvalue weighted by Crippen LogP contribution is 2.30. The summed E-state index contributed by atoms with van der Waals surface area (Å²) in [6, 6.07) is 5.29. The minimum absolute atomic E-state index is 0. The molecule has 1 aromatic carbocycles. The van der Waals surface area contributed by atoms with E-state index in [9.17, 15) is 9.90 Å². The zero-order valence-corrected chi connectivity index (χ0v) is 20.0. The first-order valence-electron chi connectivity index (χ1n) is 9.46. The fraction of sp³-hybridized carbons (Fsp3) is 0.600. The number of aliphatic hydroxyl groups is 1. The van der Waals surface area contributed by atoms with Crippen LogP contribution in [0.4, 0.5) is 0 Å². The van der Waals surface area contributed by atoms with E-state index >= 15 is 0 Å². The summed E-state index contributed by atoms with van der Waals surface area (Å²) in [4.78, 5) is 18.6. The number of nitrogens with zero attached hydrogens (tertiary/aromatic N) is 2. The Hall–Kier alpha value is -1.75. The van der Waals surface area contributed by atoms with Gasteiger partial charge in [-0.05, 0) is 31.0 Å². The molecule has 0 bridgehead atoms. The molecule has 0 aromatic heterocycles. The van der Waals surface area contributed by atoms with Crippen molar-refractivity contribution in [1.29, 1.82) is 0 Å². The van der Waals surface area contributed by atoms with E-state index in [1.54, 1.807) is 32.4 Å². The number of methoxy groups -OCH3 is 3. The predicted octanol–water partition coefficient (Wildman–Crippen LogP) is 2.06. The van der Waals surface area contributed by atoms with E-state index in [0.29, 0.717) is 42.7 Å². The van der Waals surface area contributed by atoms with Crippen molar-refractivity contribution in [2.75, 3.05) is 47.5 Å². The molecule has 8 nitrogen and oxygen atoms in total. The summed E-state index contributed by atoms with van der Waals surface area (Å²) < 4.78 is 15.5. The van der Waals surface area contributed by atoms with Crippen molar-refractivity contribution in [2.24, 2.45) is 16.8 Å². The Kier molecular flexibility index (Phi) is 10.5. The lowest BCUT2D eigenvalue weighted by molar-refractivity contribution is -0.145. The van der Waals surface area contributed by atoms with Crippen molar-refractivity contribution in [3.63, 3.8) is 0 Å². The van der Waals surface area contributed by atoms with Gasteiger partial charge in [0.1, 0.15) is 17.6 Å². The maximum absolute atomic E-state index is 12.0. The monoisotopic (exact) mass is 521 g/mol. The van der Waals surface area contributed by atoms with E-state index in [2.05, 4.69) is 10.3 Å². The zero-order chi connectivity index (χ0) is 20.7. The standard InChI is InChI=1S/C20H31N3O5.HI/c1-6-21-20(23-11-13(2)16(12-23)19(25)28-5)22-10-17(24)15-9-14(26-3)7-8-18(15)27-4;/h7-9,13,16-17,24H,6,10-12H2,1-5H3,(H,21,22);1H. The second-order valence-corrected chi connectivity index (χ2v) is 6.83. The van der Waals surface area contributed by atoms with Crippen molar-refractivity contribution in [1.82, 2.24) is 10.2 Å². The average Bonchev–Trinajstić information content (AvgIpc) is 3.11. The molecule has 1 aromatic rings. The number of aliphatic hydroxyl groups excluding tert-OH is 1. The minimum Gasteiger partial charge on any atom is -0.497 e. The summed E-state index contributed by atoms with van der Waals surface area (Å²) in [7, 11) is 4.55. The molecule has 3 atom stereocenters. The van der Waals surface area contributed by atoms with Crippen molar-refractivity contribution in [3.05, 3.63) is 23.8 Å². The highest BCUT2D eigenvalue weighted by atomic mass is 127. The minimum atomic E-state index is -0.852. The summed E-state index contributed by atoms with van der Waals surface area (Å²) in [5.41, 5.74) is 0.615. The molecule has 1 aliphatic heterocycles. The first-order valence-corrected chi connectivity index (χ1v) is 9.46. The van der Waals surface area contributed by atoms with Crippen molar-refractivity contribution in [2.45, 2.75) is 20.0 Å². The van der Waals surface area contributed by atoms with Crippen LogP contribution in [0.3, 0.4) is 0 Å². The normalized spacial score (nSPS) is 19.9. The van der Waals surface area contributed by atoms with E-state index in [4.69, 9.17) is 14.2 Å². The molecule has 0 saturated carbocycles. The van der Waals surface area contributed by atoms with Crippen LogP contribution < -0.4 is 14.8 Å². The molecule has 1 aliphatic rings. The summed E-state index contributed by atoms with van der Waals surface area (Å²) >= 11 is 0. The Bertz CT molecular complexity index is 701. The smallest absolute Gasteiger partial charge is 0.310 e. The first-order chi connectivity index (χ1) is 13.4. The van der Waals surface area contributed by atoms with Gasteiger partial charge in [0.25, 0.3) is 0 Å². The topological polar surface area (TPSA) is 92.6 Å². The van der Waals surface area contributed by atoms with Crippen molar-refractivity contribution in [3.8, 4) is 11.5 Å². The zero-order valence-electron chi connectivity index (χ0n) is 17.7. The van der Waals surface area contributed by atoms with Gasteiger partial charge in [0, 0.05) is 25.2 Å². The number of nitrogens with one attached hydrogen (secondary N) is 1. The number of likely N-dealkylation sites (tertiary alicyclic amines) is 1. The largest absolute Gasteiger partial charge is 0.497 e. The van der Waals surface area contributed by atoms with E-state index in [0.717, 1.165) is 0 Å². The van der Waals surface area contributed by atoms with Crippen LogP contribution in [0.1, 0.15) is 25.5 Å². The Morgan fingerprint density at radius 3 is 2.62 bits per heavy atom. The molecule has 1 fully saturated rings. The number of guanidine groups is 1. The van der Waals surface area contributed by atoms with Crippen LogP contribution in [0, 0.1) is 11.8 Å². The van der Waals surface area contributed by atoms with Gasteiger partial charge in [-0.2, -0.15) is 0 Å². The molecular weight excluding hydrogens is 489 g/mol. The van der Waals surface area contributed by atoms with E-state index in [-0.39, 0.29) is 48.3 Å². The van der Waals surface area contributed by atoms with Crippen LogP contribution in [-0.4, -0.2) is 69.4 Å². The van der Waals surface area contributed by atoms with Gasteiger partial charge in [0.05, 0.1) is 33.8 Å². The van der Waals surface area contributed by atoms with Crippen LogP contribution >= 0.6 is 24.0 Å². The highest BCUT2D eigenvalue weighted by Gasteiger charge is 2.36. The number of benzene rings is 1. The van der Waals surface area contributed by atoms with E-state index in [1.165, 1.54) is 7.11 Å². The van der Waals surface area contributed by atoms with E-state index < -0.39 is 6.10 Å². The van der Waals surface area contributed by atoms with Gasteiger partial charge in [-0.15, -0.1) is 24.0 Å². The molecule has 0 spiro atoms. The molecular formula is C20H32IN3O5. The molecule has 9 heteroatoms. The number of carbonyl (C=O) groups is 1. The number of rotatable bonds is 7. The summed E-state index contributed by atoms with van der Waals surface area (Å²) in [6.45, 7) is 6.09. The van der Waals surface area contributed by atoms with Gasteiger partial charge in [0.15, 0.2) is 5.96 Å². The lowest BCUT2D eigenvalue weighted by Crippen LogP contribution is -2.41. The Balaban J connectivity index is 0.00000420. The van der Waals surface area contributed by atoms with Gasteiger partial charge < -0.3 is 29.5 Å². The van der Waals surface area contributed by atoms with Gasteiger partial charge in [-0.3, -0.25) is 9.79 Å². The number of esters is 1. The van der Waals surface area contributed by atoms with Gasteiger partial charge >= 0.3 is 5.97 Å². The lowest BCUT2D eigenvalue weighted by Gasteiger charge is -2.22. The number of hydrogen-bond donors (Lipinski definition) is 2. The fourth-order valence-electron chi connectivity index (χ4n) is 3.39. The van der Waals surface area contributed by atoms with Crippen LogP contribution in [0.15, 0.2) is 23.2 Å². The predicted molar refractivity (Wildman–Crippen MR) is 122 cm³/mol. The van der Waals surface area contributed by atoms with Gasteiger partial charge in [0.2, 0.25) is 0 Å². The molecule has 29 heavy (non-hydrogen) atoms. The van der Waals surface area contributed by atoms with Crippen molar-refractivity contribution >= 4 is 35.9 Å². The number of ether oxygens (including phenoxy) is 3. The Morgan fingerprint density at radius 1 is 1.31 bits per heavy atom. The maximum Gasteiger partial charge on any atom is 0.310 e. The second-order valence-electron chi connectivity index (χ2n) is 6.83. The molecule has 0 radical (unpaired) electrons. The summed E-state index contributed by atoms with van der Waals surface area (Å²) in [5.74, 6) is 1.67. The van der Waals surface area contributed by atoms with E-state index in [1.807, 2.05) is 18.7 Å². The highest BCUT2D eigenvalue weighted by molar-refractivity contribution is 14.0. The number of carbonyl (C=O) groups excluding carboxylic acids is 1. The Labute approximate surface area is 189 Å². The molecule has 2 rings (SSSR count). The maximum atomic E-state index is 12.0. The molecule has 3 unspecified atom stereocenters. The molecule has 0 aliphatic carbocycles. The number of hydrogen-bond acceptors (Lipinski definition) is 6. The van der Waals surface area contributed by atoms with Crippen LogP contribution in [-0.2, 0) is 9.53 Å². The first kappa shape index (κ1) is 25.3. The number of halogens is 1. The van der Waals surface area contributed by atoms with Crippen LogP contribution in [0.25, 0.3) is 0 Å². The SMILES string of the molecule is CCNC(=NCC(O)c1cc(OC)ccc1OC)N1CC(C)C(C(=O)OC)C1.I. The third-order valence-electron chi connectivity index (χ3n) is 4.96. The quantitative estimate of drug-likeness (QED) is 0.246. The third kappa shape index (κ3) is 6.36. The third-order valence-corrected chi connectivity index (χ3v) is 4.96. The molecule has 1 heterocycles. The van der Waals surface area contributed by atoms with Crippen LogP contribution in [0.2, 0.25) is 0 Å². The fourth-order valence-corrected chi connectivity index (χ4v) is 3.39. The summed E-state index contributed by atoms with van der Waals surface area (Å²) in [5, 5.41) is 13.9. The summed E-state index contributed by atoms with van der Waals surface area (Å²) in [6.07, 6.45) is -0.852. The molecule has 0 amide bonds. The number of aliphatic imine (C=N–C) groups is 1. The molecule has 1 saturated heterocycles. The second kappa shape index (κ2) is 12.1.